The van der Waals surface area contributed by atoms with Gasteiger partial charge in [0.05, 0.1) is 13.1 Å². The van der Waals surface area contributed by atoms with E-state index >= 15 is 0 Å². The largest absolute Gasteiger partial charge is 0.267 e. The Labute approximate surface area is 106 Å². The lowest BCUT2D eigenvalue weighted by Gasteiger charge is -1.75. The zero-order chi connectivity index (χ0) is 13.2. The van der Waals surface area contributed by atoms with E-state index in [0.717, 1.165) is 30.5 Å². The fourth-order valence-electron chi connectivity index (χ4n) is 1.01. The molecule has 0 aromatic carbocycles. The number of aromatic nitrogens is 3. The Kier molecular flexibility index (Phi) is 6.16. The van der Waals surface area contributed by atoms with Gasteiger partial charge in [0.25, 0.3) is 0 Å². The van der Waals surface area contributed by atoms with Crippen molar-refractivity contribution in [3.63, 3.8) is 0 Å². The number of amidine groups is 1. The monoisotopic (exact) mass is 247 g/mol. The second-order valence-corrected chi connectivity index (χ2v) is 3.59. The van der Waals surface area contributed by atoms with Crippen LogP contribution < -0.4 is 0 Å². The number of aromatic amines is 1. The van der Waals surface area contributed by atoms with Gasteiger partial charge in [-0.3, -0.25) is 15.1 Å². The van der Waals surface area contributed by atoms with Crippen molar-refractivity contribution in [2.75, 3.05) is 13.1 Å². The summed E-state index contributed by atoms with van der Waals surface area (Å²) in [5, 5.41) is 6.22. The lowest BCUT2D eigenvalue weighted by Crippen LogP contribution is -1.87. The molecule has 3 heterocycles. The van der Waals surface area contributed by atoms with Gasteiger partial charge in [-0.15, -0.1) is 0 Å². The molecule has 0 saturated carbocycles. The quantitative estimate of drug-likeness (QED) is 0.743. The molecule has 0 unspecified atom stereocenters. The van der Waals surface area contributed by atoms with E-state index in [2.05, 4.69) is 35.2 Å². The molecule has 0 amide bonds. The SMILES string of the molecule is CC1=NC=NC1.CC1=NCC=N1.Cc1ncn[nH]1. The third-order valence-corrected chi connectivity index (χ3v) is 1.90. The Morgan fingerprint density at radius 3 is 2.22 bits per heavy atom. The summed E-state index contributed by atoms with van der Waals surface area (Å²) >= 11 is 0. The zero-order valence-electron chi connectivity index (χ0n) is 10.8. The maximum absolute atomic E-state index is 3.93. The van der Waals surface area contributed by atoms with Gasteiger partial charge in [-0.1, -0.05) is 0 Å². The number of aliphatic imine (C=N–C) groups is 4. The molecule has 0 bridgehead atoms. The van der Waals surface area contributed by atoms with Gasteiger partial charge in [-0.25, -0.2) is 15.0 Å². The molecular weight excluding hydrogens is 230 g/mol. The Morgan fingerprint density at radius 2 is 2.06 bits per heavy atom. The van der Waals surface area contributed by atoms with E-state index in [4.69, 9.17) is 0 Å². The Bertz CT molecular complexity index is 451. The minimum atomic E-state index is 0.784. The summed E-state index contributed by atoms with van der Waals surface area (Å²) in [7, 11) is 0. The molecule has 7 nitrogen and oxygen atoms in total. The summed E-state index contributed by atoms with van der Waals surface area (Å²) in [5.74, 6) is 1.75. The minimum absolute atomic E-state index is 0.784. The number of hydrogen-bond donors (Lipinski definition) is 1. The van der Waals surface area contributed by atoms with Gasteiger partial charge in [0.1, 0.15) is 24.3 Å². The normalized spacial score (nSPS) is 15.3. The lowest BCUT2D eigenvalue weighted by molar-refractivity contribution is 1.04. The first-order valence-electron chi connectivity index (χ1n) is 5.55. The minimum Gasteiger partial charge on any atom is -0.267 e. The van der Waals surface area contributed by atoms with Gasteiger partial charge in [-0.05, 0) is 20.8 Å². The number of aryl methyl sites for hydroxylation is 1. The van der Waals surface area contributed by atoms with Crippen molar-refractivity contribution < 1.29 is 0 Å². The van der Waals surface area contributed by atoms with E-state index in [1.165, 1.54) is 6.33 Å². The summed E-state index contributed by atoms with van der Waals surface area (Å²) in [4.78, 5) is 19.2. The molecule has 0 spiro atoms. The van der Waals surface area contributed by atoms with Crippen LogP contribution in [0, 0.1) is 6.92 Å². The van der Waals surface area contributed by atoms with Gasteiger partial charge < -0.3 is 0 Å². The Balaban J connectivity index is 0.000000135. The van der Waals surface area contributed by atoms with E-state index in [-0.39, 0.29) is 0 Å². The molecule has 1 aromatic rings. The highest BCUT2D eigenvalue weighted by Crippen LogP contribution is 1.84. The van der Waals surface area contributed by atoms with Crippen molar-refractivity contribution in [2.24, 2.45) is 20.0 Å². The molecule has 96 valence electrons. The number of H-pyrrole nitrogens is 1. The highest BCUT2D eigenvalue weighted by atomic mass is 15.2. The van der Waals surface area contributed by atoms with Gasteiger partial charge in [0, 0.05) is 11.9 Å². The standard InChI is InChI=1S/2C4H6N2.C3H5N3/c1-4-2-5-3-6-4;1-4-5-2-3-6-4;1-3-4-2-5-6-3/h3H,2H2,1H3;2H,3H2,1H3;2H,1H3,(H,4,5,6). The summed E-state index contributed by atoms with van der Waals surface area (Å²) in [5.41, 5.74) is 1.11. The summed E-state index contributed by atoms with van der Waals surface area (Å²) in [6.45, 7) is 7.30. The van der Waals surface area contributed by atoms with Crippen LogP contribution in [0.4, 0.5) is 0 Å². The number of hydrogen-bond acceptors (Lipinski definition) is 6. The third-order valence-electron chi connectivity index (χ3n) is 1.90. The van der Waals surface area contributed by atoms with Gasteiger partial charge in [-0.2, -0.15) is 5.10 Å². The molecule has 18 heavy (non-hydrogen) atoms. The van der Waals surface area contributed by atoms with Crippen LogP contribution in [0.15, 0.2) is 26.3 Å². The molecule has 2 aliphatic heterocycles. The molecule has 0 saturated heterocycles. The van der Waals surface area contributed by atoms with Crippen molar-refractivity contribution in [1.82, 2.24) is 15.2 Å². The van der Waals surface area contributed by atoms with E-state index in [1.807, 2.05) is 20.8 Å². The first-order valence-corrected chi connectivity index (χ1v) is 5.55. The van der Waals surface area contributed by atoms with Gasteiger partial charge >= 0.3 is 0 Å². The van der Waals surface area contributed by atoms with Crippen LogP contribution in [0.25, 0.3) is 0 Å². The molecular formula is C11H17N7. The predicted molar refractivity (Wildman–Crippen MR) is 74.1 cm³/mol. The first kappa shape index (κ1) is 13.9. The second kappa shape index (κ2) is 7.99. The van der Waals surface area contributed by atoms with Crippen molar-refractivity contribution in [3.8, 4) is 0 Å². The van der Waals surface area contributed by atoms with Crippen LogP contribution in [-0.4, -0.2) is 52.4 Å². The Morgan fingerprint density at radius 1 is 1.22 bits per heavy atom. The Hall–Kier alpha value is -2.18. The molecule has 1 aromatic heterocycles. The van der Waals surface area contributed by atoms with Gasteiger partial charge in [0.15, 0.2) is 0 Å². The van der Waals surface area contributed by atoms with Crippen LogP contribution in [0.3, 0.4) is 0 Å². The van der Waals surface area contributed by atoms with Gasteiger partial charge in [0.2, 0.25) is 0 Å². The summed E-state index contributed by atoms with van der Waals surface area (Å²) in [6.07, 6.45) is 4.88. The van der Waals surface area contributed by atoms with Crippen molar-refractivity contribution >= 4 is 24.1 Å². The number of nitrogens with one attached hydrogen (secondary N) is 1. The maximum atomic E-state index is 3.93. The van der Waals surface area contributed by atoms with Crippen LogP contribution in [0.1, 0.15) is 19.7 Å². The van der Waals surface area contributed by atoms with Crippen molar-refractivity contribution in [1.29, 1.82) is 0 Å². The third kappa shape index (κ3) is 6.41. The van der Waals surface area contributed by atoms with E-state index in [0.29, 0.717) is 0 Å². The van der Waals surface area contributed by atoms with E-state index in [1.54, 1.807) is 12.6 Å². The maximum Gasteiger partial charge on any atom is 0.137 e. The average Bonchev–Trinajstić information content (AvgIpc) is 3.05. The smallest absolute Gasteiger partial charge is 0.137 e. The highest BCUT2D eigenvalue weighted by Gasteiger charge is 1.89. The van der Waals surface area contributed by atoms with Crippen LogP contribution >= 0.6 is 0 Å². The van der Waals surface area contributed by atoms with Crippen LogP contribution in [0.2, 0.25) is 0 Å². The lowest BCUT2D eigenvalue weighted by atomic mass is 10.4. The summed E-state index contributed by atoms with van der Waals surface area (Å²) in [6, 6.07) is 0. The molecule has 7 heteroatoms. The fraction of sp³-hybridized carbons (Fsp3) is 0.455. The average molecular weight is 247 g/mol. The molecule has 0 atom stereocenters. The zero-order valence-corrected chi connectivity index (χ0v) is 10.8. The molecule has 0 aliphatic carbocycles. The second-order valence-electron chi connectivity index (χ2n) is 3.59. The van der Waals surface area contributed by atoms with Crippen molar-refractivity contribution in [3.05, 3.63) is 12.2 Å². The first-order chi connectivity index (χ1) is 8.68. The molecule has 0 radical (unpaired) electrons. The number of nitrogens with zero attached hydrogens (tertiary/aromatic N) is 6. The van der Waals surface area contributed by atoms with E-state index < -0.39 is 0 Å². The molecule has 3 rings (SSSR count). The topological polar surface area (TPSA) is 91.0 Å². The van der Waals surface area contributed by atoms with Crippen LogP contribution in [-0.2, 0) is 0 Å². The van der Waals surface area contributed by atoms with Crippen molar-refractivity contribution in [2.45, 2.75) is 20.8 Å². The predicted octanol–water partition coefficient (Wildman–Crippen LogP) is 1.09. The number of rotatable bonds is 0. The molecule has 0 fully saturated rings. The fourth-order valence-corrected chi connectivity index (χ4v) is 1.01. The van der Waals surface area contributed by atoms with Crippen LogP contribution in [0.5, 0.6) is 0 Å². The molecule has 2 aliphatic rings. The summed E-state index contributed by atoms with van der Waals surface area (Å²) < 4.78 is 0. The molecule has 1 N–H and O–H groups in total. The van der Waals surface area contributed by atoms with E-state index in [9.17, 15) is 0 Å². The highest BCUT2D eigenvalue weighted by molar-refractivity contribution is 5.94.